The zero-order valence-corrected chi connectivity index (χ0v) is 14.6. The third-order valence-corrected chi connectivity index (χ3v) is 4.06. The number of anilines is 1. The summed E-state index contributed by atoms with van der Waals surface area (Å²) in [5.74, 6) is 0.168. The Morgan fingerprint density at radius 2 is 1.96 bits per heavy atom. The number of benzene rings is 1. The van der Waals surface area contributed by atoms with Gasteiger partial charge in [0.1, 0.15) is 0 Å². The van der Waals surface area contributed by atoms with Gasteiger partial charge in [0.05, 0.1) is 18.3 Å². The molecule has 1 fully saturated rings. The Bertz CT molecular complexity index is 718. The Labute approximate surface area is 153 Å². The summed E-state index contributed by atoms with van der Waals surface area (Å²) < 4.78 is 0. The van der Waals surface area contributed by atoms with E-state index in [-0.39, 0.29) is 24.9 Å². The maximum Gasteiger partial charge on any atom is 0.414 e. The Morgan fingerprint density at radius 3 is 2.64 bits per heavy atom. The Hall–Kier alpha value is -2.47. The fourth-order valence-corrected chi connectivity index (χ4v) is 2.79. The average Bonchev–Trinajstić information content (AvgIpc) is 3.12. The van der Waals surface area contributed by atoms with Crippen LogP contribution in [0.25, 0.3) is 0 Å². The average molecular weight is 361 g/mol. The molecule has 25 heavy (non-hydrogen) atoms. The van der Waals surface area contributed by atoms with E-state index in [0.29, 0.717) is 11.7 Å². The predicted octanol–water partition coefficient (Wildman–Crippen LogP) is 3.94. The van der Waals surface area contributed by atoms with E-state index in [4.69, 9.17) is 0 Å². The topological polar surface area (TPSA) is 78.7 Å². The van der Waals surface area contributed by atoms with Crippen LogP contribution in [0.1, 0.15) is 36.9 Å². The summed E-state index contributed by atoms with van der Waals surface area (Å²) in [5.41, 5.74) is 1.51. The first kappa shape index (κ1) is 18.9. The molecule has 132 valence electrons. The second-order valence-corrected chi connectivity index (χ2v) is 5.85. The highest BCUT2D eigenvalue weighted by Crippen LogP contribution is 2.20. The van der Waals surface area contributed by atoms with E-state index in [9.17, 15) is 9.90 Å². The summed E-state index contributed by atoms with van der Waals surface area (Å²) in [5, 5.41) is 9.49. The van der Waals surface area contributed by atoms with Crippen molar-refractivity contribution in [3.05, 3.63) is 53.9 Å². The fourth-order valence-electron chi connectivity index (χ4n) is 2.79. The van der Waals surface area contributed by atoms with Gasteiger partial charge < -0.3 is 5.11 Å². The van der Waals surface area contributed by atoms with Crippen molar-refractivity contribution in [3.8, 4) is 0 Å². The number of hydrogen-bond donors (Lipinski definition) is 1. The molecule has 1 aromatic carbocycles. The lowest BCUT2D eigenvalue weighted by molar-refractivity contribution is 0.201. The minimum Gasteiger partial charge on any atom is -0.465 e. The molecule has 0 atom stereocenters. The molecule has 7 heteroatoms. The molecule has 0 bridgehead atoms. The number of amides is 1. The quantitative estimate of drug-likeness (QED) is 0.819. The molecule has 1 aromatic heterocycles. The van der Waals surface area contributed by atoms with Gasteiger partial charge in [0.2, 0.25) is 5.95 Å². The van der Waals surface area contributed by atoms with Crippen LogP contribution in [0.4, 0.5) is 10.7 Å². The minimum absolute atomic E-state index is 0. The van der Waals surface area contributed by atoms with Crippen LogP contribution in [0.2, 0.25) is 0 Å². The van der Waals surface area contributed by atoms with Crippen LogP contribution in [0, 0.1) is 0 Å². The van der Waals surface area contributed by atoms with Crippen molar-refractivity contribution in [3.63, 3.8) is 0 Å². The molecule has 0 unspecified atom stereocenters. The van der Waals surface area contributed by atoms with E-state index in [1.165, 1.54) is 12.8 Å². The Morgan fingerprint density at radius 1 is 1.24 bits per heavy atom. The second-order valence-electron chi connectivity index (χ2n) is 5.85. The summed E-state index contributed by atoms with van der Waals surface area (Å²) >= 11 is 0. The zero-order valence-electron chi connectivity index (χ0n) is 13.8. The molecule has 1 N–H and O–H groups in total. The molecule has 6 nitrogen and oxygen atoms in total. The third kappa shape index (κ3) is 5.26. The fraction of sp³-hybridized carbons (Fsp3) is 0.333. The van der Waals surface area contributed by atoms with E-state index in [2.05, 4.69) is 15.0 Å². The number of aromatic nitrogens is 2. The first-order valence-electron chi connectivity index (χ1n) is 8.13. The molecule has 0 radical (unpaired) electrons. The minimum atomic E-state index is -1.08. The number of nitrogens with zero attached hydrogens (tertiary/aromatic N) is 4. The predicted molar refractivity (Wildman–Crippen MR) is 99.8 cm³/mol. The lowest BCUT2D eigenvalue weighted by Crippen LogP contribution is -2.30. The molecular weight excluding hydrogens is 340 g/mol. The van der Waals surface area contributed by atoms with Gasteiger partial charge in [0.15, 0.2) is 0 Å². The van der Waals surface area contributed by atoms with Crippen molar-refractivity contribution in [1.29, 1.82) is 0 Å². The molecule has 1 heterocycles. The second kappa shape index (κ2) is 9.13. The first-order valence-corrected chi connectivity index (χ1v) is 8.13. The molecule has 2 aromatic rings. The standard InChI is InChI=1S/C18H20N4O2.ClH/c23-18(24)22(13-14-6-2-1-3-7-14)17-19-11-10-16(21-17)12-20-15-8-4-5-9-15;/h1-3,6-7,10-12,15H,4-5,8-9,13H2,(H,23,24);1H. The van der Waals surface area contributed by atoms with Crippen LogP contribution in [0.15, 0.2) is 47.6 Å². The van der Waals surface area contributed by atoms with Gasteiger partial charge in [0, 0.05) is 12.4 Å². The number of carbonyl (C=O) groups is 1. The molecule has 0 spiro atoms. The first-order chi connectivity index (χ1) is 11.7. The van der Waals surface area contributed by atoms with Crippen molar-refractivity contribution < 1.29 is 9.90 Å². The van der Waals surface area contributed by atoms with Gasteiger partial charge in [-0.2, -0.15) is 0 Å². The monoisotopic (exact) mass is 360 g/mol. The van der Waals surface area contributed by atoms with Gasteiger partial charge >= 0.3 is 6.09 Å². The molecule has 1 saturated carbocycles. The third-order valence-electron chi connectivity index (χ3n) is 4.06. The molecule has 0 aliphatic heterocycles. The van der Waals surface area contributed by atoms with Gasteiger partial charge in [-0.3, -0.25) is 4.99 Å². The van der Waals surface area contributed by atoms with Crippen molar-refractivity contribution in [2.24, 2.45) is 4.99 Å². The summed E-state index contributed by atoms with van der Waals surface area (Å²) in [4.78, 5) is 25.7. The largest absolute Gasteiger partial charge is 0.465 e. The summed E-state index contributed by atoms with van der Waals surface area (Å²) in [6.07, 6.45) is 6.89. The smallest absolute Gasteiger partial charge is 0.414 e. The van der Waals surface area contributed by atoms with Crippen LogP contribution in [0.3, 0.4) is 0 Å². The van der Waals surface area contributed by atoms with Gasteiger partial charge in [-0.15, -0.1) is 12.4 Å². The van der Waals surface area contributed by atoms with Gasteiger partial charge in [-0.25, -0.2) is 19.7 Å². The van der Waals surface area contributed by atoms with E-state index in [1.54, 1.807) is 18.5 Å². The van der Waals surface area contributed by atoms with Gasteiger partial charge in [-0.1, -0.05) is 43.2 Å². The van der Waals surface area contributed by atoms with E-state index < -0.39 is 6.09 Å². The molecular formula is C18H21ClN4O2. The van der Waals surface area contributed by atoms with E-state index in [0.717, 1.165) is 23.3 Å². The van der Waals surface area contributed by atoms with Crippen LogP contribution >= 0.6 is 12.4 Å². The van der Waals surface area contributed by atoms with Crippen molar-refractivity contribution in [2.45, 2.75) is 38.3 Å². The maximum absolute atomic E-state index is 11.6. The Kier molecular flexibility index (Phi) is 6.89. The summed E-state index contributed by atoms with van der Waals surface area (Å²) in [7, 11) is 0. The maximum atomic E-state index is 11.6. The van der Waals surface area contributed by atoms with Crippen molar-refractivity contribution in [1.82, 2.24) is 9.97 Å². The van der Waals surface area contributed by atoms with Crippen LogP contribution in [-0.2, 0) is 6.54 Å². The van der Waals surface area contributed by atoms with Gasteiger partial charge in [-0.05, 0) is 24.5 Å². The summed E-state index contributed by atoms with van der Waals surface area (Å²) in [6.45, 7) is 0.208. The molecule has 1 aliphatic carbocycles. The molecule has 1 aliphatic rings. The van der Waals surface area contributed by atoms with Crippen LogP contribution < -0.4 is 4.90 Å². The number of rotatable bonds is 5. The molecule has 0 saturated heterocycles. The lowest BCUT2D eigenvalue weighted by Gasteiger charge is -2.17. The number of aliphatic imine (C=N–C) groups is 1. The number of hydrogen-bond acceptors (Lipinski definition) is 4. The number of carboxylic acid groups (broad SMARTS) is 1. The Balaban J connectivity index is 0.00000225. The van der Waals surface area contributed by atoms with Crippen LogP contribution in [-0.4, -0.2) is 33.4 Å². The van der Waals surface area contributed by atoms with E-state index in [1.807, 2.05) is 30.3 Å². The van der Waals surface area contributed by atoms with Crippen molar-refractivity contribution >= 4 is 30.7 Å². The molecule has 3 rings (SSSR count). The van der Waals surface area contributed by atoms with Gasteiger partial charge in [0.25, 0.3) is 0 Å². The highest BCUT2D eigenvalue weighted by Gasteiger charge is 2.18. The molecule has 1 amide bonds. The normalized spacial score (nSPS) is 14.4. The van der Waals surface area contributed by atoms with Crippen LogP contribution in [0.5, 0.6) is 0 Å². The lowest BCUT2D eigenvalue weighted by atomic mass is 10.2. The number of halogens is 1. The zero-order chi connectivity index (χ0) is 16.8. The van der Waals surface area contributed by atoms with Crippen molar-refractivity contribution in [2.75, 3.05) is 4.90 Å². The highest BCUT2D eigenvalue weighted by atomic mass is 35.5. The SMILES string of the molecule is Cl.O=C(O)N(Cc1ccccc1)c1nccc(C=NC2CCCC2)n1. The summed E-state index contributed by atoms with van der Waals surface area (Å²) in [6, 6.07) is 11.5. The highest BCUT2D eigenvalue weighted by molar-refractivity contribution is 5.85. The van der Waals surface area contributed by atoms with E-state index >= 15 is 0 Å².